The van der Waals surface area contributed by atoms with Crippen LogP contribution < -0.4 is 15.7 Å². The maximum Gasteiger partial charge on any atom is 0.306 e. The standard InChI is InChI=1S/C28H30N2O8/c1-36-24-7-6-17(9-22(24)31)20(11-26(34)37-2)28-27(35)23(32)10-19(38-28)15-29-12-16-8-18(14-29)21-4-3-5-25(33)30(21)13-16/h3-7,9-10,16,18,20,31,35H,8,11-15H2,1-2H3/t16-,18+,20-/m1/s1. The van der Waals surface area contributed by atoms with Crippen molar-refractivity contribution in [2.24, 2.45) is 5.92 Å². The number of rotatable bonds is 7. The lowest BCUT2D eigenvalue weighted by Gasteiger charge is -2.42. The van der Waals surface area contributed by atoms with Gasteiger partial charge in [0.05, 0.1) is 33.1 Å². The van der Waals surface area contributed by atoms with Crippen LogP contribution in [0.3, 0.4) is 0 Å². The minimum Gasteiger partial charge on any atom is -0.504 e. The highest BCUT2D eigenvalue weighted by atomic mass is 16.5. The average molecular weight is 523 g/mol. The third kappa shape index (κ3) is 4.91. The summed E-state index contributed by atoms with van der Waals surface area (Å²) in [5, 5.41) is 21.0. The summed E-state index contributed by atoms with van der Waals surface area (Å²) < 4.78 is 17.9. The number of ether oxygens (including phenoxy) is 2. The highest BCUT2D eigenvalue weighted by Crippen LogP contribution is 2.38. The first-order chi connectivity index (χ1) is 18.3. The monoisotopic (exact) mass is 522 g/mol. The van der Waals surface area contributed by atoms with Crippen molar-refractivity contribution in [3.05, 3.63) is 85.8 Å². The van der Waals surface area contributed by atoms with E-state index in [0.717, 1.165) is 18.7 Å². The number of carbonyl (C=O) groups is 1. The molecule has 2 bridgehead atoms. The molecule has 0 unspecified atom stereocenters. The topological polar surface area (TPSA) is 131 Å². The molecule has 0 spiro atoms. The molecule has 2 aliphatic rings. The third-order valence-corrected chi connectivity index (χ3v) is 7.45. The van der Waals surface area contributed by atoms with Crippen LogP contribution in [0.1, 0.15) is 47.5 Å². The van der Waals surface area contributed by atoms with E-state index in [9.17, 15) is 24.6 Å². The molecule has 5 rings (SSSR count). The second-order valence-corrected chi connectivity index (χ2v) is 9.95. The molecule has 1 saturated heterocycles. The van der Waals surface area contributed by atoms with E-state index in [-0.39, 0.29) is 35.2 Å². The molecule has 4 heterocycles. The first kappa shape index (κ1) is 25.6. The summed E-state index contributed by atoms with van der Waals surface area (Å²) in [5.74, 6) is -1.21. The molecule has 0 amide bonds. The van der Waals surface area contributed by atoms with Crippen LogP contribution in [0.15, 0.2) is 56.5 Å². The summed E-state index contributed by atoms with van der Waals surface area (Å²) in [5.41, 5.74) is 0.853. The predicted molar refractivity (Wildman–Crippen MR) is 137 cm³/mol. The number of methoxy groups -OCH3 is 2. The average Bonchev–Trinajstić information content (AvgIpc) is 2.90. The van der Waals surface area contributed by atoms with Crippen molar-refractivity contribution in [3.8, 4) is 17.2 Å². The van der Waals surface area contributed by atoms with Crippen molar-refractivity contribution >= 4 is 5.97 Å². The molecule has 200 valence electrons. The second kappa shape index (κ2) is 10.4. The first-order valence-electron chi connectivity index (χ1n) is 12.5. The molecule has 2 aromatic heterocycles. The Morgan fingerprint density at radius 1 is 1.11 bits per heavy atom. The van der Waals surface area contributed by atoms with Crippen molar-refractivity contribution in [1.29, 1.82) is 0 Å². The van der Waals surface area contributed by atoms with Crippen LogP contribution >= 0.6 is 0 Å². The Hall–Kier alpha value is -4.05. The number of piperidine rings is 1. The maximum atomic E-state index is 12.8. The predicted octanol–water partition coefficient (Wildman–Crippen LogP) is 2.54. The number of hydrogen-bond acceptors (Lipinski definition) is 9. The van der Waals surface area contributed by atoms with Gasteiger partial charge in [-0.15, -0.1) is 0 Å². The number of phenolic OH excluding ortho intramolecular Hbond substituents is 1. The van der Waals surface area contributed by atoms with Crippen molar-refractivity contribution in [2.75, 3.05) is 27.3 Å². The van der Waals surface area contributed by atoms with Gasteiger partial charge in [-0.2, -0.15) is 0 Å². The van der Waals surface area contributed by atoms with E-state index in [0.29, 0.717) is 36.9 Å². The number of benzene rings is 1. The fourth-order valence-electron chi connectivity index (χ4n) is 5.75. The molecule has 2 aliphatic heterocycles. The summed E-state index contributed by atoms with van der Waals surface area (Å²) in [6.07, 6.45) is 0.772. The third-order valence-electron chi connectivity index (χ3n) is 7.45. The van der Waals surface area contributed by atoms with Gasteiger partial charge in [-0.25, -0.2) is 0 Å². The van der Waals surface area contributed by atoms with Gasteiger partial charge in [0.2, 0.25) is 11.2 Å². The highest BCUT2D eigenvalue weighted by molar-refractivity contribution is 5.71. The van der Waals surface area contributed by atoms with Crippen LogP contribution in [-0.4, -0.2) is 53.0 Å². The number of aromatic nitrogens is 1. The smallest absolute Gasteiger partial charge is 0.306 e. The molecule has 0 radical (unpaired) electrons. The van der Waals surface area contributed by atoms with E-state index in [2.05, 4.69) is 4.90 Å². The zero-order valence-corrected chi connectivity index (χ0v) is 21.3. The second-order valence-electron chi connectivity index (χ2n) is 9.95. The Balaban J connectivity index is 1.46. The molecular weight excluding hydrogens is 492 g/mol. The van der Waals surface area contributed by atoms with Crippen LogP contribution in [0.4, 0.5) is 0 Å². The van der Waals surface area contributed by atoms with E-state index in [1.807, 2.05) is 10.6 Å². The van der Waals surface area contributed by atoms with Crippen LogP contribution in [-0.2, 0) is 22.6 Å². The van der Waals surface area contributed by atoms with Crippen molar-refractivity contribution in [2.45, 2.75) is 37.8 Å². The molecule has 1 fully saturated rings. The molecule has 2 N–H and O–H groups in total. The van der Waals surface area contributed by atoms with E-state index in [4.69, 9.17) is 13.9 Å². The van der Waals surface area contributed by atoms with E-state index in [1.54, 1.807) is 18.2 Å². The number of phenols is 1. The van der Waals surface area contributed by atoms with E-state index >= 15 is 0 Å². The molecule has 3 atom stereocenters. The number of pyridine rings is 1. The lowest BCUT2D eigenvalue weighted by molar-refractivity contribution is -0.140. The Kier molecular flexibility index (Phi) is 6.98. The van der Waals surface area contributed by atoms with Crippen LogP contribution in [0, 0.1) is 5.92 Å². The van der Waals surface area contributed by atoms with Gasteiger partial charge in [0, 0.05) is 43.4 Å². The molecule has 10 heteroatoms. The van der Waals surface area contributed by atoms with Crippen molar-refractivity contribution in [3.63, 3.8) is 0 Å². The number of aromatic hydroxyl groups is 2. The van der Waals surface area contributed by atoms with E-state index < -0.39 is 23.1 Å². The van der Waals surface area contributed by atoms with Crippen LogP contribution in [0.5, 0.6) is 17.2 Å². The first-order valence-corrected chi connectivity index (χ1v) is 12.5. The molecule has 0 aliphatic carbocycles. The zero-order chi connectivity index (χ0) is 27.0. The fourth-order valence-corrected chi connectivity index (χ4v) is 5.75. The number of esters is 1. The minimum absolute atomic E-state index is 0.0149. The highest BCUT2D eigenvalue weighted by Gasteiger charge is 2.35. The van der Waals surface area contributed by atoms with Crippen molar-refractivity contribution in [1.82, 2.24) is 9.47 Å². The Labute approximate surface area is 218 Å². The SMILES string of the molecule is COC(=O)C[C@H](c1ccc(OC)c(O)c1)c1oc(CN2C[C@H]3C[C@@H](C2)c2cccc(=O)n2C3)cc(=O)c1O. The minimum atomic E-state index is -0.883. The van der Waals surface area contributed by atoms with Gasteiger partial charge in [-0.05, 0) is 36.1 Å². The number of nitrogens with zero attached hydrogens (tertiary/aromatic N) is 2. The number of likely N-dealkylation sites (tertiary alicyclic amines) is 1. The van der Waals surface area contributed by atoms with Gasteiger partial charge in [0.15, 0.2) is 17.3 Å². The van der Waals surface area contributed by atoms with Crippen LogP contribution in [0.2, 0.25) is 0 Å². The Morgan fingerprint density at radius 3 is 2.66 bits per heavy atom. The van der Waals surface area contributed by atoms with Gasteiger partial charge < -0.3 is 28.7 Å². The molecular formula is C28H30N2O8. The summed E-state index contributed by atoms with van der Waals surface area (Å²) in [4.78, 5) is 39.6. The number of carbonyl (C=O) groups excluding carboxylic acids is 1. The van der Waals surface area contributed by atoms with Crippen LogP contribution in [0.25, 0.3) is 0 Å². The summed E-state index contributed by atoms with van der Waals surface area (Å²) in [6.45, 7) is 2.40. The normalized spacial score (nSPS) is 19.4. The van der Waals surface area contributed by atoms with Gasteiger partial charge in [-0.1, -0.05) is 12.1 Å². The molecule has 38 heavy (non-hydrogen) atoms. The van der Waals surface area contributed by atoms with Gasteiger partial charge in [0.1, 0.15) is 5.76 Å². The summed E-state index contributed by atoms with van der Waals surface area (Å²) >= 11 is 0. The zero-order valence-electron chi connectivity index (χ0n) is 21.3. The molecule has 0 saturated carbocycles. The maximum absolute atomic E-state index is 12.8. The van der Waals surface area contributed by atoms with Gasteiger partial charge >= 0.3 is 5.97 Å². The Bertz CT molecular complexity index is 1480. The Morgan fingerprint density at radius 2 is 1.92 bits per heavy atom. The largest absolute Gasteiger partial charge is 0.504 e. The van der Waals surface area contributed by atoms with E-state index in [1.165, 1.54) is 32.4 Å². The number of fused-ring (bicyclic) bond motifs is 4. The molecule has 3 aromatic rings. The summed E-state index contributed by atoms with van der Waals surface area (Å²) in [7, 11) is 2.66. The van der Waals surface area contributed by atoms with Gasteiger partial charge in [0.25, 0.3) is 5.56 Å². The molecule has 10 nitrogen and oxygen atoms in total. The summed E-state index contributed by atoms with van der Waals surface area (Å²) in [6, 6.07) is 11.2. The lowest BCUT2D eigenvalue weighted by Crippen LogP contribution is -2.46. The molecule has 1 aromatic carbocycles. The fraction of sp³-hybridized carbons (Fsp3) is 0.393. The lowest BCUT2D eigenvalue weighted by atomic mass is 9.83. The van der Waals surface area contributed by atoms with Crippen molar-refractivity contribution < 1.29 is 28.9 Å². The quantitative estimate of drug-likeness (QED) is 0.449. The number of hydrogen-bond donors (Lipinski definition) is 2. The van der Waals surface area contributed by atoms with Gasteiger partial charge in [-0.3, -0.25) is 19.3 Å².